The molecule has 2 aliphatic rings. The van der Waals surface area contributed by atoms with Gasteiger partial charge in [-0.1, -0.05) is 12.1 Å². The summed E-state index contributed by atoms with van der Waals surface area (Å²) in [6.45, 7) is 6.34. The minimum atomic E-state index is 0.333. The number of rotatable bonds is 7. The van der Waals surface area contributed by atoms with Crippen molar-refractivity contribution in [3.05, 3.63) is 11.7 Å². The lowest BCUT2D eigenvalue weighted by atomic mass is 10.2. The number of ether oxygens (including phenoxy) is 2. The summed E-state index contributed by atoms with van der Waals surface area (Å²) in [6, 6.07) is 0. The highest BCUT2D eigenvalue weighted by molar-refractivity contribution is 4.87. The summed E-state index contributed by atoms with van der Waals surface area (Å²) in [5.41, 5.74) is 0. The fourth-order valence-corrected chi connectivity index (χ4v) is 3.05. The molecule has 1 aromatic heterocycles. The molecule has 0 N–H and O–H groups in total. The van der Waals surface area contributed by atoms with Gasteiger partial charge >= 0.3 is 0 Å². The zero-order chi connectivity index (χ0) is 14.5. The van der Waals surface area contributed by atoms with Gasteiger partial charge in [0.25, 0.3) is 0 Å². The maximum atomic E-state index is 5.76. The minimum absolute atomic E-state index is 0.333. The van der Waals surface area contributed by atoms with Gasteiger partial charge in [-0.2, -0.15) is 4.98 Å². The van der Waals surface area contributed by atoms with Gasteiger partial charge < -0.3 is 14.0 Å². The predicted molar refractivity (Wildman–Crippen MR) is 76.9 cm³/mol. The summed E-state index contributed by atoms with van der Waals surface area (Å²) in [5, 5.41) is 3.98. The van der Waals surface area contributed by atoms with Crippen molar-refractivity contribution >= 4 is 0 Å². The summed E-state index contributed by atoms with van der Waals surface area (Å²) in [6.07, 6.45) is 6.09. The molecule has 2 fully saturated rings. The second-order valence-corrected chi connectivity index (χ2v) is 5.92. The molecule has 1 aromatic rings. The Balaban J connectivity index is 1.58. The van der Waals surface area contributed by atoms with Crippen LogP contribution in [0.3, 0.4) is 0 Å². The van der Waals surface area contributed by atoms with Gasteiger partial charge in [-0.05, 0) is 25.7 Å². The number of aryl methyl sites for hydroxylation is 1. The van der Waals surface area contributed by atoms with Crippen LogP contribution in [0.1, 0.15) is 44.3 Å². The first-order valence-corrected chi connectivity index (χ1v) is 8.10. The van der Waals surface area contributed by atoms with Crippen LogP contribution >= 0.6 is 0 Å². The molecule has 0 bridgehead atoms. The van der Waals surface area contributed by atoms with Crippen LogP contribution in [0, 0.1) is 0 Å². The number of aromatic nitrogens is 2. The number of hydrogen-bond acceptors (Lipinski definition) is 6. The van der Waals surface area contributed by atoms with Crippen molar-refractivity contribution in [3.63, 3.8) is 0 Å². The molecular formula is C15H25N3O3. The van der Waals surface area contributed by atoms with E-state index >= 15 is 0 Å². The first-order chi connectivity index (χ1) is 10.3. The molecule has 3 heterocycles. The third-order valence-electron chi connectivity index (χ3n) is 4.16. The van der Waals surface area contributed by atoms with E-state index in [1.807, 2.05) is 6.92 Å². The lowest BCUT2D eigenvalue weighted by Gasteiger charge is -2.26. The van der Waals surface area contributed by atoms with Crippen LogP contribution in [0.15, 0.2) is 4.52 Å². The molecule has 0 amide bonds. The normalized spacial score (nSPS) is 26.0. The molecule has 0 unspecified atom stereocenters. The van der Waals surface area contributed by atoms with E-state index in [9.17, 15) is 0 Å². The highest BCUT2D eigenvalue weighted by Gasteiger charge is 2.25. The van der Waals surface area contributed by atoms with Crippen LogP contribution in [0.4, 0.5) is 0 Å². The smallest absolute Gasteiger partial charge is 0.240 e. The SMILES string of the molecule is CCc1noc(CN(C[C@H]2CCCO2)C[C@@H]2CCCO2)n1. The topological polar surface area (TPSA) is 60.6 Å². The molecule has 0 spiro atoms. The molecule has 118 valence electrons. The van der Waals surface area contributed by atoms with Crippen molar-refractivity contribution in [2.24, 2.45) is 0 Å². The lowest BCUT2D eigenvalue weighted by molar-refractivity contribution is 0.0309. The van der Waals surface area contributed by atoms with Crippen LogP contribution in [0.2, 0.25) is 0 Å². The van der Waals surface area contributed by atoms with Crippen LogP contribution in [0.25, 0.3) is 0 Å². The van der Waals surface area contributed by atoms with E-state index in [0.717, 1.165) is 51.4 Å². The number of hydrogen-bond donors (Lipinski definition) is 0. The van der Waals surface area contributed by atoms with Crippen LogP contribution in [-0.4, -0.2) is 53.6 Å². The van der Waals surface area contributed by atoms with Crippen molar-refractivity contribution in [1.82, 2.24) is 15.0 Å². The Morgan fingerprint density at radius 1 is 1.10 bits per heavy atom. The van der Waals surface area contributed by atoms with Gasteiger partial charge in [0.05, 0.1) is 18.8 Å². The van der Waals surface area contributed by atoms with Crippen LogP contribution in [0.5, 0.6) is 0 Å². The van der Waals surface area contributed by atoms with Crippen molar-refractivity contribution in [2.45, 2.75) is 57.8 Å². The Morgan fingerprint density at radius 2 is 1.76 bits per heavy atom. The zero-order valence-corrected chi connectivity index (χ0v) is 12.8. The number of nitrogens with zero attached hydrogens (tertiary/aromatic N) is 3. The maximum Gasteiger partial charge on any atom is 0.240 e. The van der Waals surface area contributed by atoms with Gasteiger partial charge in [-0.3, -0.25) is 4.90 Å². The van der Waals surface area contributed by atoms with E-state index in [2.05, 4.69) is 15.0 Å². The van der Waals surface area contributed by atoms with Crippen LogP contribution in [-0.2, 0) is 22.4 Å². The monoisotopic (exact) mass is 295 g/mol. The Hall–Kier alpha value is -0.980. The van der Waals surface area contributed by atoms with E-state index in [1.54, 1.807) is 0 Å². The van der Waals surface area contributed by atoms with Crippen molar-refractivity contribution < 1.29 is 14.0 Å². The van der Waals surface area contributed by atoms with Gasteiger partial charge in [0, 0.05) is 32.7 Å². The van der Waals surface area contributed by atoms with Gasteiger partial charge in [-0.15, -0.1) is 0 Å². The molecule has 0 aliphatic carbocycles. The molecule has 2 atom stereocenters. The lowest BCUT2D eigenvalue weighted by Crippen LogP contribution is -2.37. The fourth-order valence-electron chi connectivity index (χ4n) is 3.05. The Labute approximate surface area is 125 Å². The minimum Gasteiger partial charge on any atom is -0.377 e. The van der Waals surface area contributed by atoms with Crippen LogP contribution < -0.4 is 0 Å². The zero-order valence-electron chi connectivity index (χ0n) is 12.8. The molecule has 0 saturated carbocycles. The Bertz CT molecular complexity index is 408. The first kappa shape index (κ1) is 14.9. The molecule has 2 aliphatic heterocycles. The summed E-state index contributed by atoms with van der Waals surface area (Å²) in [4.78, 5) is 6.76. The average molecular weight is 295 g/mol. The summed E-state index contributed by atoms with van der Waals surface area (Å²) in [7, 11) is 0. The summed E-state index contributed by atoms with van der Waals surface area (Å²) < 4.78 is 16.9. The molecule has 3 rings (SSSR count). The second kappa shape index (κ2) is 7.33. The Kier molecular flexibility index (Phi) is 5.22. The van der Waals surface area contributed by atoms with Crippen molar-refractivity contribution in [2.75, 3.05) is 26.3 Å². The molecule has 0 aromatic carbocycles. The average Bonchev–Trinajstić information content (AvgIpc) is 3.20. The molecule has 2 saturated heterocycles. The van der Waals surface area contributed by atoms with Crippen molar-refractivity contribution in [1.29, 1.82) is 0 Å². The van der Waals surface area contributed by atoms with E-state index in [0.29, 0.717) is 24.6 Å². The van der Waals surface area contributed by atoms with E-state index in [-0.39, 0.29) is 0 Å². The molecule has 21 heavy (non-hydrogen) atoms. The second-order valence-electron chi connectivity index (χ2n) is 5.92. The molecular weight excluding hydrogens is 270 g/mol. The van der Waals surface area contributed by atoms with Gasteiger partial charge in [0.2, 0.25) is 5.89 Å². The standard InChI is InChI=1S/C15H25N3O3/c1-2-14-16-15(21-17-14)11-18(9-12-5-3-7-19-12)10-13-6-4-8-20-13/h12-13H,2-11H2,1H3/t12-,13+. The maximum absolute atomic E-state index is 5.76. The fraction of sp³-hybridized carbons (Fsp3) is 0.867. The van der Waals surface area contributed by atoms with E-state index < -0.39 is 0 Å². The highest BCUT2D eigenvalue weighted by atomic mass is 16.5. The molecule has 6 heteroatoms. The van der Waals surface area contributed by atoms with Gasteiger partial charge in [0.15, 0.2) is 5.82 Å². The summed E-state index contributed by atoms with van der Waals surface area (Å²) in [5.74, 6) is 1.47. The van der Waals surface area contributed by atoms with E-state index in [4.69, 9.17) is 14.0 Å². The third-order valence-corrected chi connectivity index (χ3v) is 4.16. The quantitative estimate of drug-likeness (QED) is 0.764. The van der Waals surface area contributed by atoms with Crippen molar-refractivity contribution in [3.8, 4) is 0 Å². The largest absolute Gasteiger partial charge is 0.377 e. The van der Waals surface area contributed by atoms with E-state index in [1.165, 1.54) is 12.8 Å². The predicted octanol–water partition coefficient (Wildman–Crippen LogP) is 1.79. The third kappa shape index (κ3) is 4.25. The van der Waals surface area contributed by atoms with Gasteiger partial charge in [0.1, 0.15) is 0 Å². The first-order valence-electron chi connectivity index (χ1n) is 8.10. The Morgan fingerprint density at radius 3 is 2.24 bits per heavy atom. The molecule has 6 nitrogen and oxygen atoms in total. The highest BCUT2D eigenvalue weighted by Crippen LogP contribution is 2.18. The molecule has 0 radical (unpaired) electrons. The van der Waals surface area contributed by atoms with Gasteiger partial charge in [-0.25, -0.2) is 0 Å². The summed E-state index contributed by atoms with van der Waals surface area (Å²) >= 11 is 0.